The second kappa shape index (κ2) is 10.1. The van der Waals surface area contributed by atoms with Crippen molar-refractivity contribution in [1.82, 2.24) is 5.32 Å². The molecule has 4 heteroatoms. The molecule has 4 nitrogen and oxygen atoms in total. The van der Waals surface area contributed by atoms with E-state index >= 15 is 0 Å². The van der Waals surface area contributed by atoms with Gasteiger partial charge in [0.05, 0.1) is 0 Å². The van der Waals surface area contributed by atoms with E-state index in [9.17, 15) is 4.79 Å². The molecule has 0 aliphatic rings. The molecule has 0 saturated carbocycles. The Morgan fingerprint density at radius 3 is 2.04 bits per heavy atom. The summed E-state index contributed by atoms with van der Waals surface area (Å²) in [5.41, 5.74) is 4.66. The molecule has 3 aromatic rings. The van der Waals surface area contributed by atoms with Gasteiger partial charge in [-0.2, -0.15) is 0 Å². The number of hydrogen-bond donors (Lipinski definition) is 1. The van der Waals surface area contributed by atoms with Crippen LogP contribution in [-0.2, 0) is 4.84 Å². The van der Waals surface area contributed by atoms with Crippen LogP contribution in [0.25, 0.3) is 11.1 Å². The van der Waals surface area contributed by atoms with E-state index in [4.69, 9.17) is 4.84 Å². The van der Waals surface area contributed by atoms with Gasteiger partial charge in [-0.25, -0.2) is 4.79 Å². The molecule has 0 aromatic heterocycles. The van der Waals surface area contributed by atoms with Gasteiger partial charge in [-0.05, 0) is 17.5 Å². The lowest BCUT2D eigenvalue weighted by Gasteiger charge is -2.09. The highest BCUT2D eigenvalue weighted by molar-refractivity contribution is 6.12. The van der Waals surface area contributed by atoms with Crippen LogP contribution in [0.3, 0.4) is 0 Å². The number of benzene rings is 3. The minimum absolute atomic E-state index is 0.539. The zero-order chi connectivity index (χ0) is 19.6. The van der Waals surface area contributed by atoms with Crippen molar-refractivity contribution >= 4 is 11.8 Å². The van der Waals surface area contributed by atoms with E-state index < -0.39 is 6.09 Å². The molecule has 0 unspecified atom stereocenters. The van der Waals surface area contributed by atoms with Crippen LogP contribution in [0.4, 0.5) is 4.79 Å². The molecule has 3 aromatic carbocycles. The van der Waals surface area contributed by atoms with Gasteiger partial charge in [0, 0.05) is 17.7 Å². The highest BCUT2D eigenvalue weighted by atomic mass is 16.7. The highest BCUT2D eigenvalue weighted by Crippen LogP contribution is 2.21. The molecule has 0 saturated heterocycles. The minimum atomic E-state index is -0.539. The van der Waals surface area contributed by atoms with E-state index in [1.54, 1.807) is 0 Å². The van der Waals surface area contributed by atoms with Crippen LogP contribution in [0, 0.1) is 0 Å². The molecule has 3 rings (SSSR count). The average molecular weight is 372 g/mol. The Morgan fingerprint density at radius 1 is 0.821 bits per heavy atom. The number of rotatable bonds is 7. The van der Waals surface area contributed by atoms with E-state index in [-0.39, 0.29) is 0 Å². The molecule has 142 valence electrons. The van der Waals surface area contributed by atoms with Crippen molar-refractivity contribution in [3.8, 4) is 11.1 Å². The van der Waals surface area contributed by atoms with Crippen molar-refractivity contribution in [2.45, 2.75) is 19.8 Å². The van der Waals surface area contributed by atoms with Gasteiger partial charge < -0.3 is 5.32 Å². The summed E-state index contributed by atoms with van der Waals surface area (Å²) in [4.78, 5) is 17.0. The summed E-state index contributed by atoms with van der Waals surface area (Å²) in [6, 6.07) is 28.0. The van der Waals surface area contributed by atoms with Crippen molar-refractivity contribution in [2.24, 2.45) is 5.16 Å². The predicted octanol–water partition coefficient (Wildman–Crippen LogP) is 5.63. The molecular formula is C24H24N2O2. The monoisotopic (exact) mass is 372 g/mol. The summed E-state index contributed by atoms with van der Waals surface area (Å²) < 4.78 is 0. The SMILES string of the molecule is CCCCNC(=O)O/N=C(\c1ccccc1)c1ccc(-c2ccccc2)cc1. The number of nitrogens with zero attached hydrogens (tertiary/aromatic N) is 1. The topological polar surface area (TPSA) is 50.7 Å². The maximum absolute atomic E-state index is 11.9. The number of amides is 1. The molecule has 0 radical (unpaired) electrons. The Balaban J connectivity index is 1.83. The maximum atomic E-state index is 11.9. The molecular weight excluding hydrogens is 348 g/mol. The van der Waals surface area contributed by atoms with Gasteiger partial charge in [0.25, 0.3) is 0 Å². The number of unbranched alkanes of at least 4 members (excludes halogenated alkanes) is 1. The van der Waals surface area contributed by atoms with E-state index in [1.165, 1.54) is 0 Å². The summed E-state index contributed by atoms with van der Waals surface area (Å²) in [6.45, 7) is 2.65. The van der Waals surface area contributed by atoms with Crippen LogP contribution in [0.15, 0.2) is 90.1 Å². The Hall–Kier alpha value is -3.40. The third-order valence-electron chi connectivity index (χ3n) is 4.33. The van der Waals surface area contributed by atoms with Gasteiger partial charge in [-0.3, -0.25) is 4.84 Å². The van der Waals surface area contributed by atoms with Crippen molar-refractivity contribution in [2.75, 3.05) is 6.54 Å². The lowest BCUT2D eigenvalue weighted by atomic mass is 9.99. The summed E-state index contributed by atoms with van der Waals surface area (Å²) in [6.07, 6.45) is 1.38. The highest BCUT2D eigenvalue weighted by Gasteiger charge is 2.10. The molecule has 0 atom stereocenters. The lowest BCUT2D eigenvalue weighted by molar-refractivity contribution is 0.151. The van der Waals surface area contributed by atoms with E-state index in [0.29, 0.717) is 12.3 Å². The zero-order valence-corrected chi connectivity index (χ0v) is 16.0. The molecule has 0 heterocycles. The quantitative estimate of drug-likeness (QED) is 0.253. The van der Waals surface area contributed by atoms with Gasteiger partial charge in [-0.1, -0.05) is 103 Å². The first-order valence-corrected chi connectivity index (χ1v) is 9.52. The first-order chi connectivity index (χ1) is 13.8. The van der Waals surface area contributed by atoms with Crippen LogP contribution in [-0.4, -0.2) is 18.3 Å². The smallest absolute Gasteiger partial charge is 0.320 e. The zero-order valence-electron chi connectivity index (χ0n) is 16.0. The Bertz CT molecular complexity index is 904. The van der Waals surface area contributed by atoms with Gasteiger partial charge in [0.1, 0.15) is 5.71 Å². The minimum Gasteiger partial charge on any atom is -0.320 e. The molecule has 0 bridgehead atoms. The molecule has 0 aliphatic carbocycles. The van der Waals surface area contributed by atoms with E-state index in [0.717, 1.165) is 35.1 Å². The first kappa shape index (κ1) is 19.4. The van der Waals surface area contributed by atoms with Crippen molar-refractivity contribution in [1.29, 1.82) is 0 Å². The number of hydrogen-bond acceptors (Lipinski definition) is 3. The summed E-state index contributed by atoms with van der Waals surface area (Å²) in [5.74, 6) is 0. The fourth-order valence-corrected chi connectivity index (χ4v) is 2.81. The van der Waals surface area contributed by atoms with Crippen LogP contribution in [0.5, 0.6) is 0 Å². The van der Waals surface area contributed by atoms with Crippen molar-refractivity contribution < 1.29 is 9.63 Å². The van der Waals surface area contributed by atoms with Crippen LogP contribution >= 0.6 is 0 Å². The third kappa shape index (κ3) is 5.30. The number of nitrogens with one attached hydrogen (secondary N) is 1. The van der Waals surface area contributed by atoms with Gasteiger partial charge >= 0.3 is 6.09 Å². The maximum Gasteiger partial charge on any atom is 0.433 e. The van der Waals surface area contributed by atoms with Gasteiger partial charge in [0.2, 0.25) is 0 Å². The second-order valence-corrected chi connectivity index (χ2v) is 6.41. The fourth-order valence-electron chi connectivity index (χ4n) is 2.81. The summed E-state index contributed by atoms with van der Waals surface area (Å²) >= 11 is 0. The fraction of sp³-hybridized carbons (Fsp3) is 0.167. The average Bonchev–Trinajstić information content (AvgIpc) is 2.76. The Kier molecular flexibility index (Phi) is 6.96. The lowest BCUT2D eigenvalue weighted by Crippen LogP contribution is -2.24. The van der Waals surface area contributed by atoms with Crippen LogP contribution in [0.1, 0.15) is 30.9 Å². The second-order valence-electron chi connectivity index (χ2n) is 6.41. The molecule has 1 N–H and O–H groups in total. The first-order valence-electron chi connectivity index (χ1n) is 9.52. The molecule has 1 amide bonds. The number of carbonyl (C=O) groups excluding carboxylic acids is 1. The number of carbonyl (C=O) groups is 1. The molecule has 28 heavy (non-hydrogen) atoms. The Labute approximate surface area is 165 Å². The number of oxime groups is 1. The third-order valence-corrected chi connectivity index (χ3v) is 4.33. The van der Waals surface area contributed by atoms with Crippen molar-refractivity contribution in [3.63, 3.8) is 0 Å². The predicted molar refractivity (Wildman–Crippen MR) is 113 cm³/mol. The van der Waals surface area contributed by atoms with E-state index in [2.05, 4.69) is 29.5 Å². The van der Waals surface area contributed by atoms with Crippen LogP contribution in [0.2, 0.25) is 0 Å². The largest absolute Gasteiger partial charge is 0.433 e. The normalized spacial score (nSPS) is 11.1. The summed E-state index contributed by atoms with van der Waals surface area (Å²) in [5, 5.41) is 6.85. The summed E-state index contributed by atoms with van der Waals surface area (Å²) in [7, 11) is 0. The standard InChI is InChI=1S/C24H24N2O2/c1-2-3-18-25-24(27)28-26-23(21-12-8-5-9-13-21)22-16-14-20(15-17-22)19-10-6-4-7-11-19/h4-17H,2-3,18H2,1H3,(H,25,27)/b26-23+. The molecule has 0 spiro atoms. The Morgan fingerprint density at radius 2 is 1.39 bits per heavy atom. The molecule has 0 aliphatic heterocycles. The molecule has 0 fully saturated rings. The van der Waals surface area contributed by atoms with Crippen molar-refractivity contribution in [3.05, 3.63) is 96.1 Å². The van der Waals surface area contributed by atoms with Gasteiger partial charge in [-0.15, -0.1) is 0 Å². The van der Waals surface area contributed by atoms with Crippen LogP contribution < -0.4 is 5.32 Å². The van der Waals surface area contributed by atoms with E-state index in [1.807, 2.05) is 72.8 Å². The van der Waals surface area contributed by atoms with Gasteiger partial charge in [0.15, 0.2) is 0 Å².